The molecule has 0 N–H and O–H groups in total. The van der Waals surface area contributed by atoms with Crippen molar-refractivity contribution in [2.75, 3.05) is 22.9 Å². The van der Waals surface area contributed by atoms with E-state index in [-0.39, 0.29) is 0 Å². The summed E-state index contributed by atoms with van der Waals surface area (Å²) in [6, 6.07) is 20.3. The molecule has 25 heavy (non-hydrogen) atoms. The van der Waals surface area contributed by atoms with Gasteiger partial charge in [-0.15, -0.1) is 0 Å². The average Bonchev–Trinajstić information content (AvgIpc) is 3.14. The molecule has 1 aliphatic heterocycles. The van der Waals surface area contributed by atoms with Crippen molar-refractivity contribution in [2.24, 2.45) is 0 Å². The van der Waals surface area contributed by atoms with Gasteiger partial charge in [0.05, 0.1) is 0 Å². The number of anilines is 4. The van der Waals surface area contributed by atoms with Gasteiger partial charge in [0, 0.05) is 24.5 Å². The van der Waals surface area contributed by atoms with E-state index >= 15 is 0 Å². The van der Waals surface area contributed by atoms with Crippen LogP contribution >= 0.6 is 0 Å². The molecule has 5 rings (SSSR count). The minimum Gasteiger partial charge on any atom is -0.321 e. The van der Waals surface area contributed by atoms with Gasteiger partial charge < -0.3 is 9.80 Å². The normalized spacial score (nSPS) is 13.9. The van der Waals surface area contributed by atoms with Crippen molar-refractivity contribution >= 4 is 34.3 Å². The second-order valence-electron chi connectivity index (χ2n) is 5.76. The molecule has 0 radical (unpaired) electrons. The van der Waals surface area contributed by atoms with Gasteiger partial charge >= 0.3 is 0 Å². The highest BCUT2D eigenvalue weighted by Crippen LogP contribution is 2.38. The van der Waals surface area contributed by atoms with Crippen LogP contribution < -0.4 is 9.80 Å². The van der Waals surface area contributed by atoms with E-state index in [1.807, 2.05) is 36.4 Å². The van der Waals surface area contributed by atoms with Gasteiger partial charge in [0.15, 0.2) is 11.6 Å². The summed E-state index contributed by atoms with van der Waals surface area (Å²) in [5.74, 6) is 1.51. The van der Waals surface area contributed by atoms with Crippen LogP contribution in [0, 0.1) is 0 Å². The highest BCUT2D eigenvalue weighted by molar-refractivity contribution is 5.83. The van der Waals surface area contributed by atoms with Crippen LogP contribution in [0.4, 0.5) is 23.0 Å². The molecule has 2 aromatic heterocycles. The molecule has 4 aromatic rings. The summed E-state index contributed by atoms with van der Waals surface area (Å²) in [6.07, 6.45) is 0. The molecule has 0 saturated heterocycles. The molecule has 0 saturated carbocycles. The van der Waals surface area contributed by atoms with E-state index < -0.39 is 0 Å². The monoisotopic (exact) mass is 330 g/mol. The number of nitrogens with zero attached hydrogens (tertiary/aromatic N) is 6. The Labute approximate surface area is 143 Å². The van der Waals surface area contributed by atoms with E-state index in [0.29, 0.717) is 11.3 Å². The van der Waals surface area contributed by atoms with Crippen molar-refractivity contribution in [3.05, 3.63) is 60.7 Å². The van der Waals surface area contributed by atoms with Crippen LogP contribution in [0.3, 0.4) is 0 Å². The van der Waals surface area contributed by atoms with Crippen molar-refractivity contribution in [2.45, 2.75) is 0 Å². The van der Waals surface area contributed by atoms with Gasteiger partial charge in [-0.05, 0) is 34.6 Å². The van der Waals surface area contributed by atoms with Crippen molar-refractivity contribution in [1.82, 2.24) is 20.3 Å². The van der Waals surface area contributed by atoms with E-state index in [0.717, 1.165) is 36.1 Å². The molecule has 2 aromatic carbocycles. The summed E-state index contributed by atoms with van der Waals surface area (Å²) in [6.45, 7) is 1.58. The smallest absolute Gasteiger partial charge is 0.245 e. The van der Waals surface area contributed by atoms with E-state index in [1.165, 1.54) is 0 Å². The number of hydrogen-bond acceptors (Lipinski definition) is 7. The summed E-state index contributed by atoms with van der Waals surface area (Å²) >= 11 is 0. The lowest BCUT2D eigenvalue weighted by molar-refractivity contribution is 0.314. The van der Waals surface area contributed by atoms with E-state index in [1.54, 1.807) is 0 Å². The summed E-state index contributed by atoms with van der Waals surface area (Å²) in [5.41, 5.74) is 2.97. The third-order valence-electron chi connectivity index (χ3n) is 4.27. The molecule has 7 heteroatoms. The SMILES string of the molecule is c1ccc(N2CCN(c3ccccc3)c3nc4nonc4nc32)cc1. The molecule has 0 atom stereocenters. The Morgan fingerprint density at radius 1 is 0.640 bits per heavy atom. The number of aromatic nitrogens is 4. The Morgan fingerprint density at radius 2 is 1.08 bits per heavy atom. The molecule has 0 amide bonds. The fourth-order valence-electron chi connectivity index (χ4n) is 3.11. The summed E-state index contributed by atoms with van der Waals surface area (Å²) in [5, 5.41) is 7.70. The van der Waals surface area contributed by atoms with Crippen LogP contribution in [0.5, 0.6) is 0 Å². The maximum absolute atomic E-state index is 4.80. The Kier molecular flexibility index (Phi) is 3.09. The third kappa shape index (κ3) is 2.28. The van der Waals surface area contributed by atoms with Crippen LogP contribution in [0.2, 0.25) is 0 Å². The Bertz CT molecular complexity index is 936. The number of benzene rings is 2. The van der Waals surface area contributed by atoms with Gasteiger partial charge in [-0.3, -0.25) is 0 Å². The van der Waals surface area contributed by atoms with Crippen LogP contribution in [-0.2, 0) is 0 Å². The first-order valence-corrected chi connectivity index (χ1v) is 8.06. The molecule has 1 aliphatic rings. The predicted octanol–water partition coefficient (Wildman–Crippen LogP) is 3.30. The standard InChI is InChI=1S/C18H14N6O/c1-3-7-13(8-4-1)23-11-12-24(14-9-5-2-6-10-14)18-17(23)19-15-16(20-18)22-25-21-15/h1-10H,11-12H2. The van der Waals surface area contributed by atoms with Crippen molar-refractivity contribution in [1.29, 1.82) is 0 Å². The Morgan fingerprint density at radius 3 is 1.52 bits per heavy atom. The number of fused-ring (bicyclic) bond motifs is 2. The number of hydrogen-bond donors (Lipinski definition) is 0. The molecule has 7 nitrogen and oxygen atoms in total. The first-order chi connectivity index (χ1) is 12.4. The minimum atomic E-state index is 0.412. The topological polar surface area (TPSA) is 71.2 Å². The summed E-state index contributed by atoms with van der Waals surface area (Å²) in [7, 11) is 0. The van der Waals surface area contributed by atoms with Gasteiger partial charge in [0.2, 0.25) is 11.3 Å². The molecule has 0 spiro atoms. The number of rotatable bonds is 2. The molecular formula is C18H14N6O. The summed E-state index contributed by atoms with van der Waals surface area (Å²) in [4.78, 5) is 13.6. The maximum Gasteiger partial charge on any atom is 0.245 e. The largest absolute Gasteiger partial charge is 0.321 e. The molecule has 122 valence electrons. The van der Waals surface area contributed by atoms with E-state index in [4.69, 9.17) is 4.63 Å². The molecular weight excluding hydrogens is 316 g/mol. The van der Waals surface area contributed by atoms with Crippen LogP contribution in [-0.4, -0.2) is 33.4 Å². The maximum atomic E-state index is 4.80. The van der Waals surface area contributed by atoms with E-state index in [2.05, 4.69) is 54.3 Å². The molecule has 0 aliphatic carbocycles. The Balaban J connectivity index is 1.70. The lowest BCUT2D eigenvalue weighted by Crippen LogP contribution is -2.37. The Hall–Kier alpha value is -3.48. The quantitative estimate of drug-likeness (QED) is 0.558. The van der Waals surface area contributed by atoms with Gasteiger partial charge in [-0.2, -0.15) is 0 Å². The van der Waals surface area contributed by atoms with Crippen LogP contribution in [0.25, 0.3) is 11.3 Å². The molecule has 0 bridgehead atoms. The zero-order chi connectivity index (χ0) is 16.6. The minimum absolute atomic E-state index is 0.412. The van der Waals surface area contributed by atoms with Gasteiger partial charge in [-0.1, -0.05) is 36.4 Å². The highest BCUT2D eigenvalue weighted by atomic mass is 16.6. The number of para-hydroxylation sites is 2. The van der Waals surface area contributed by atoms with E-state index in [9.17, 15) is 0 Å². The zero-order valence-electron chi connectivity index (χ0n) is 13.3. The second kappa shape index (κ2) is 5.55. The molecule has 0 fully saturated rings. The van der Waals surface area contributed by atoms with Crippen LogP contribution in [0.15, 0.2) is 65.3 Å². The van der Waals surface area contributed by atoms with Crippen LogP contribution in [0.1, 0.15) is 0 Å². The van der Waals surface area contributed by atoms with Crippen molar-refractivity contribution in [3.63, 3.8) is 0 Å². The lowest BCUT2D eigenvalue weighted by Gasteiger charge is -2.36. The van der Waals surface area contributed by atoms with Crippen molar-refractivity contribution in [3.8, 4) is 0 Å². The third-order valence-corrected chi connectivity index (χ3v) is 4.27. The second-order valence-corrected chi connectivity index (χ2v) is 5.76. The van der Waals surface area contributed by atoms with Gasteiger partial charge in [-0.25, -0.2) is 14.6 Å². The van der Waals surface area contributed by atoms with Gasteiger partial charge in [0.1, 0.15) is 0 Å². The molecule has 3 heterocycles. The predicted molar refractivity (Wildman–Crippen MR) is 94.3 cm³/mol. The average molecular weight is 330 g/mol. The zero-order valence-corrected chi connectivity index (χ0v) is 13.3. The summed E-state index contributed by atoms with van der Waals surface area (Å²) < 4.78 is 4.80. The highest BCUT2D eigenvalue weighted by Gasteiger charge is 2.29. The molecule has 0 unspecified atom stereocenters. The fraction of sp³-hybridized carbons (Fsp3) is 0.111. The first-order valence-electron chi connectivity index (χ1n) is 8.06. The van der Waals surface area contributed by atoms with Gasteiger partial charge in [0.25, 0.3) is 0 Å². The van der Waals surface area contributed by atoms with Crippen molar-refractivity contribution < 1.29 is 4.63 Å². The lowest BCUT2D eigenvalue weighted by atomic mass is 10.2. The fourth-order valence-corrected chi connectivity index (χ4v) is 3.11. The first kappa shape index (κ1) is 13.9.